The average molecular weight is 429 g/mol. The number of thiophene rings is 1. The van der Waals surface area contributed by atoms with Crippen LogP contribution in [-0.2, 0) is 4.79 Å². The fourth-order valence-corrected chi connectivity index (χ4v) is 6.09. The number of hydrogen-bond acceptors (Lipinski definition) is 4. The third-order valence-corrected chi connectivity index (χ3v) is 6.64. The van der Waals surface area contributed by atoms with Gasteiger partial charge in [-0.3, -0.25) is 4.79 Å². The average Bonchev–Trinajstić information content (AvgIpc) is 2.91. The number of nitrogens with zero attached hydrogens (tertiary/aromatic N) is 1. The molecule has 4 nitrogen and oxygen atoms in total. The lowest BCUT2D eigenvalue weighted by Crippen LogP contribution is -2.45. The van der Waals surface area contributed by atoms with Crippen molar-refractivity contribution in [2.45, 2.75) is 24.8 Å². The van der Waals surface area contributed by atoms with E-state index >= 15 is 0 Å². The lowest BCUT2D eigenvalue weighted by molar-refractivity contribution is -0.141. The molecule has 2 atom stereocenters. The van der Waals surface area contributed by atoms with Crippen LogP contribution in [0, 0.1) is 0 Å². The van der Waals surface area contributed by atoms with Crippen LogP contribution >= 0.6 is 55.0 Å². The molecule has 2 unspecified atom stereocenters. The number of carboxylic acid groups (broad SMARTS) is 1. The lowest BCUT2D eigenvalue weighted by atomic mass is 10.2. The van der Waals surface area contributed by atoms with Crippen molar-refractivity contribution < 1.29 is 14.7 Å². The van der Waals surface area contributed by atoms with E-state index in [9.17, 15) is 14.7 Å². The Kier molecular flexibility index (Phi) is 4.97. The number of carbonyl (C=O) groups is 2. The van der Waals surface area contributed by atoms with Crippen molar-refractivity contribution in [3.05, 3.63) is 19.2 Å². The minimum Gasteiger partial charge on any atom is -0.480 e. The molecule has 19 heavy (non-hydrogen) atoms. The number of amides is 1. The third kappa shape index (κ3) is 3.01. The van der Waals surface area contributed by atoms with Gasteiger partial charge >= 0.3 is 5.97 Å². The molecule has 2 heterocycles. The number of carbonyl (C=O) groups excluding carboxylic acids is 1. The topological polar surface area (TPSA) is 57.6 Å². The predicted octanol–water partition coefficient (Wildman–Crippen LogP) is 3.65. The first-order valence-electron chi connectivity index (χ1n) is 5.57. The first kappa shape index (κ1) is 15.3. The second-order valence-corrected chi connectivity index (χ2v) is 8.96. The molecule has 0 saturated carbocycles. The largest absolute Gasteiger partial charge is 0.480 e. The summed E-state index contributed by atoms with van der Waals surface area (Å²) in [4.78, 5) is 25.3. The van der Waals surface area contributed by atoms with Crippen LogP contribution in [0.2, 0.25) is 0 Å². The zero-order chi connectivity index (χ0) is 14.2. The van der Waals surface area contributed by atoms with Crippen molar-refractivity contribution >= 4 is 66.8 Å². The van der Waals surface area contributed by atoms with E-state index in [1.165, 1.54) is 28.0 Å². The first-order valence-corrected chi connectivity index (χ1v) is 9.02. The standard InChI is InChI=1S/C11H11Br2NO3S2/c1-2-8-14(6(4-18-8)11(16)17)10(15)5-3-7(12)19-9(5)13/h3,6,8H,2,4H2,1H3,(H,16,17). The summed E-state index contributed by atoms with van der Waals surface area (Å²) in [7, 11) is 0. The second kappa shape index (κ2) is 6.15. The van der Waals surface area contributed by atoms with Crippen molar-refractivity contribution in [1.82, 2.24) is 4.90 Å². The highest BCUT2D eigenvalue weighted by Gasteiger charge is 2.41. The Hall–Kier alpha value is -0.0500. The molecule has 0 aromatic carbocycles. The van der Waals surface area contributed by atoms with Gasteiger partial charge in [-0.15, -0.1) is 23.1 Å². The molecule has 1 aliphatic heterocycles. The number of halogens is 2. The molecule has 1 amide bonds. The van der Waals surface area contributed by atoms with Crippen LogP contribution in [0.3, 0.4) is 0 Å². The highest BCUT2D eigenvalue weighted by Crippen LogP contribution is 2.37. The molecule has 1 aromatic heterocycles. The Morgan fingerprint density at radius 1 is 1.53 bits per heavy atom. The molecular formula is C11H11Br2NO3S2. The summed E-state index contributed by atoms with van der Waals surface area (Å²) in [6.07, 6.45) is 0.739. The molecule has 104 valence electrons. The van der Waals surface area contributed by atoms with E-state index in [4.69, 9.17) is 0 Å². The highest BCUT2D eigenvalue weighted by molar-refractivity contribution is 9.12. The molecule has 1 N–H and O–H groups in total. The monoisotopic (exact) mass is 427 g/mol. The molecule has 0 spiro atoms. The van der Waals surface area contributed by atoms with E-state index in [2.05, 4.69) is 31.9 Å². The Morgan fingerprint density at radius 3 is 2.68 bits per heavy atom. The van der Waals surface area contributed by atoms with E-state index in [0.717, 1.165) is 14.0 Å². The van der Waals surface area contributed by atoms with Gasteiger partial charge in [-0.1, -0.05) is 6.92 Å². The lowest BCUT2D eigenvalue weighted by Gasteiger charge is -2.26. The molecule has 0 aliphatic carbocycles. The van der Waals surface area contributed by atoms with E-state index in [1.54, 1.807) is 6.07 Å². The van der Waals surface area contributed by atoms with Gasteiger partial charge in [-0.2, -0.15) is 0 Å². The van der Waals surface area contributed by atoms with Gasteiger partial charge in [-0.05, 0) is 44.3 Å². The second-order valence-electron chi connectivity index (χ2n) is 4.00. The van der Waals surface area contributed by atoms with Crippen LogP contribution in [0.15, 0.2) is 13.6 Å². The fourth-order valence-electron chi connectivity index (χ4n) is 1.97. The van der Waals surface area contributed by atoms with Gasteiger partial charge in [-0.25, -0.2) is 4.79 Å². The van der Waals surface area contributed by atoms with E-state index in [1.807, 2.05) is 6.92 Å². The van der Waals surface area contributed by atoms with Crippen LogP contribution in [0.5, 0.6) is 0 Å². The Bertz CT molecular complexity index is 520. The van der Waals surface area contributed by atoms with Crippen LogP contribution in [0.1, 0.15) is 23.7 Å². The zero-order valence-corrected chi connectivity index (χ0v) is 14.7. The number of rotatable bonds is 3. The van der Waals surface area contributed by atoms with E-state index in [0.29, 0.717) is 11.3 Å². The van der Waals surface area contributed by atoms with Gasteiger partial charge in [0.05, 0.1) is 18.5 Å². The maximum Gasteiger partial charge on any atom is 0.327 e. The Labute approximate surface area is 135 Å². The van der Waals surface area contributed by atoms with E-state index < -0.39 is 12.0 Å². The summed E-state index contributed by atoms with van der Waals surface area (Å²) in [5.74, 6) is -0.719. The summed E-state index contributed by atoms with van der Waals surface area (Å²) in [5, 5.41) is 9.17. The molecule has 1 saturated heterocycles. The van der Waals surface area contributed by atoms with Crippen molar-refractivity contribution in [2.24, 2.45) is 0 Å². The predicted molar refractivity (Wildman–Crippen MR) is 83.8 cm³/mol. The zero-order valence-electron chi connectivity index (χ0n) is 9.93. The molecule has 1 aromatic rings. The summed E-state index contributed by atoms with van der Waals surface area (Å²) in [6.45, 7) is 1.96. The summed E-state index contributed by atoms with van der Waals surface area (Å²) in [6, 6.07) is 0.985. The Balaban J connectivity index is 2.33. The SMILES string of the molecule is CCC1SCC(C(=O)O)N1C(=O)c1cc(Br)sc1Br. The van der Waals surface area contributed by atoms with Crippen LogP contribution in [-0.4, -0.2) is 39.1 Å². The smallest absolute Gasteiger partial charge is 0.327 e. The maximum absolute atomic E-state index is 12.6. The maximum atomic E-state index is 12.6. The number of hydrogen-bond donors (Lipinski definition) is 1. The Morgan fingerprint density at radius 2 is 2.21 bits per heavy atom. The molecule has 0 radical (unpaired) electrons. The number of carboxylic acids is 1. The van der Waals surface area contributed by atoms with E-state index in [-0.39, 0.29) is 11.3 Å². The summed E-state index contributed by atoms with van der Waals surface area (Å²) in [5.41, 5.74) is 0.518. The quantitative estimate of drug-likeness (QED) is 0.798. The van der Waals surface area contributed by atoms with Gasteiger partial charge in [0.25, 0.3) is 5.91 Å². The van der Waals surface area contributed by atoms with Gasteiger partial charge in [0.15, 0.2) is 0 Å². The molecular weight excluding hydrogens is 418 g/mol. The third-order valence-electron chi connectivity index (χ3n) is 2.85. The highest BCUT2D eigenvalue weighted by atomic mass is 79.9. The number of thioether (sulfide) groups is 1. The van der Waals surface area contributed by atoms with Crippen LogP contribution in [0.25, 0.3) is 0 Å². The van der Waals surface area contributed by atoms with Crippen LogP contribution in [0.4, 0.5) is 0 Å². The minimum atomic E-state index is -0.942. The molecule has 1 aliphatic rings. The molecule has 2 rings (SSSR count). The molecule has 0 bridgehead atoms. The van der Waals surface area contributed by atoms with Crippen LogP contribution < -0.4 is 0 Å². The normalized spacial score (nSPS) is 22.8. The van der Waals surface area contributed by atoms with Crippen molar-refractivity contribution in [3.8, 4) is 0 Å². The number of aliphatic carboxylic acids is 1. The van der Waals surface area contributed by atoms with Gasteiger partial charge in [0.1, 0.15) is 6.04 Å². The summed E-state index contributed by atoms with van der Waals surface area (Å²) < 4.78 is 1.56. The van der Waals surface area contributed by atoms with Crippen molar-refractivity contribution in [1.29, 1.82) is 0 Å². The minimum absolute atomic E-state index is 0.0702. The van der Waals surface area contributed by atoms with Crippen molar-refractivity contribution in [2.75, 3.05) is 5.75 Å². The van der Waals surface area contributed by atoms with Gasteiger partial charge in [0, 0.05) is 5.75 Å². The van der Waals surface area contributed by atoms with Gasteiger partial charge < -0.3 is 10.0 Å². The molecule has 1 fully saturated rings. The first-order chi connectivity index (χ1) is 8.95. The van der Waals surface area contributed by atoms with Crippen molar-refractivity contribution in [3.63, 3.8) is 0 Å². The fraction of sp³-hybridized carbons (Fsp3) is 0.455. The van der Waals surface area contributed by atoms with Gasteiger partial charge in [0.2, 0.25) is 0 Å². The summed E-state index contributed by atoms with van der Waals surface area (Å²) >= 11 is 9.61. The molecule has 8 heteroatoms.